The van der Waals surface area contributed by atoms with Crippen molar-refractivity contribution in [2.75, 3.05) is 18.4 Å². The number of anilines is 1. The first kappa shape index (κ1) is 22.5. The van der Waals surface area contributed by atoms with E-state index in [9.17, 15) is 23.2 Å². The number of nitrogens with zero attached hydrogens (tertiary/aromatic N) is 2. The van der Waals surface area contributed by atoms with Crippen molar-refractivity contribution in [2.45, 2.75) is 70.7 Å². The van der Waals surface area contributed by atoms with Crippen LogP contribution < -0.4 is 5.32 Å². The van der Waals surface area contributed by atoms with Crippen LogP contribution in [0.4, 0.5) is 23.7 Å². The Morgan fingerprint density at radius 1 is 1.25 bits per heavy atom. The first-order valence-corrected chi connectivity index (χ1v) is 11.0. The van der Waals surface area contributed by atoms with Crippen LogP contribution in [0.15, 0.2) is 17.7 Å². The maximum Gasteiger partial charge on any atom is 0.410 e. The lowest BCUT2D eigenvalue weighted by molar-refractivity contribution is -0.176. The second-order valence-corrected chi connectivity index (χ2v) is 9.92. The monoisotopic (exact) mass is 447 g/mol. The third-order valence-corrected chi connectivity index (χ3v) is 6.45. The molecule has 172 valence electrons. The van der Waals surface area contributed by atoms with Crippen LogP contribution in [0.5, 0.6) is 0 Å². The molecule has 0 saturated carbocycles. The summed E-state index contributed by atoms with van der Waals surface area (Å²) in [6.07, 6.45) is -2.93. The minimum absolute atomic E-state index is 0.00761. The fourth-order valence-corrected chi connectivity index (χ4v) is 4.98. The van der Waals surface area contributed by atoms with Crippen LogP contribution in [-0.2, 0) is 11.2 Å². The molecule has 1 fully saturated rings. The third kappa shape index (κ3) is 4.43. The molecule has 2 aliphatic carbocycles. The Bertz CT molecular complexity index is 1000. The Morgan fingerprint density at radius 2 is 2.00 bits per heavy atom. The average Bonchev–Trinajstić information content (AvgIpc) is 3.30. The van der Waals surface area contributed by atoms with Crippen LogP contribution in [0.3, 0.4) is 0 Å². The van der Waals surface area contributed by atoms with Gasteiger partial charge in [0.15, 0.2) is 0 Å². The zero-order chi connectivity index (χ0) is 23.3. The predicted molar refractivity (Wildman–Crippen MR) is 115 cm³/mol. The molecular formula is C24H28F3N3O2. The van der Waals surface area contributed by atoms with Gasteiger partial charge in [-0.05, 0) is 76.1 Å². The van der Waals surface area contributed by atoms with Crippen molar-refractivity contribution in [2.24, 2.45) is 5.92 Å². The number of nitrogens with one attached hydrogen (secondary N) is 1. The lowest BCUT2D eigenvalue weighted by Crippen LogP contribution is -2.36. The van der Waals surface area contributed by atoms with Crippen molar-refractivity contribution < 1.29 is 22.7 Å². The molecule has 1 heterocycles. The lowest BCUT2D eigenvalue weighted by Gasteiger charge is -2.27. The van der Waals surface area contributed by atoms with E-state index >= 15 is 0 Å². The molecule has 1 unspecified atom stereocenters. The molecule has 0 aromatic heterocycles. The molecule has 5 nitrogen and oxygen atoms in total. The molecule has 1 aromatic carbocycles. The highest BCUT2D eigenvalue weighted by Gasteiger charge is 2.44. The zero-order valence-corrected chi connectivity index (χ0v) is 18.6. The van der Waals surface area contributed by atoms with Crippen molar-refractivity contribution in [1.29, 1.82) is 5.26 Å². The number of amides is 1. The van der Waals surface area contributed by atoms with Gasteiger partial charge in [0.1, 0.15) is 5.60 Å². The van der Waals surface area contributed by atoms with Crippen LogP contribution in [0, 0.1) is 17.2 Å². The summed E-state index contributed by atoms with van der Waals surface area (Å²) >= 11 is 0. The molecule has 1 aliphatic heterocycles. The summed E-state index contributed by atoms with van der Waals surface area (Å²) in [5.74, 6) is -1.31. The van der Waals surface area contributed by atoms with Gasteiger partial charge in [-0.1, -0.05) is 5.57 Å². The van der Waals surface area contributed by atoms with E-state index in [4.69, 9.17) is 4.74 Å². The number of alkyl halides is 3. The molecule has 0 spiro atoms. The summed E-state index contributed by atoms with van der Waals surface area (Å²) in [4.78, 5) is 14.0. The highest BCUT2D eigenvalue weighted by Crippen LogP contribution is 2.50. The summed E-state index contributed by atoms with van der Waals surface area (Å²) in [6, 6.07) is 5.79. The Hall–Kier alpha value is -2.69. The fraction of sp³-hybridized carbons (Fsp3) is 0.583. The molecule has 32 heavy (non-hydrogen) atoms. The standard InChI is InChI=1S/C24H28F3N3O2/c1-23(2,3)32-22(31)30-9-8-17(13-30)29-20-7-4-14(12-28)19-11-15-10-16(24(25,26)27)5-6-18(15)21(19)20/h4,7,16-17,29H,5-6,8-11,13H2,1-3H3/t16?,17-/m0/s1. The van der Waals surface area contributed by atoms with Gasteiger partial charge < -0.3 is 15.0 Å². The smallest absolute Gasteiger partial charge is 0.410 e. The first-order chi connectivity index (χ1) is 15.0. The number of halogens is 3. The van der Waals surface area contributed by atoms with Crippen molar-refractivity contribution in [3.63, 3.8) is 0 Å². The molecule has 2 atom stereocenters. The molecule has 8 heteroatoms. The summed E-state index contributed by atoms with van der Waals surface area (Å²) in [5.41, 5.74) is 4.29. The van der Waals surface area contributed by atoms with E-state index in [-0.39, 0.29) is 25.0 Å². The molecule has 0 bridgehead atoms. The van der Waals surface area contributed by atoms with Gasteiger partial charge >= 0.3 is 12.3 Å². The number of hydrogen-bond acceptors (Lipinski definition) is 4. The van der Waals surface area contributed by atoms with E-state index in [1.54, 1.807) is 11.0 Å². The van der Waals surface area contributed by atoms with Gasteiger partial charge in [0.25, 0.3) is 0 Å². The van der Waals surface area contributed by atoms with Gasteiger partial charge in [0, 0.05) is 30.4 Å². The van der Waals surface area contributed by atoms with Crippen LogP contribution in [0.1, 0.15) is 63.1 Å². The first-order valence-electron chi connectivity index (χ1n) is 11.0. The third-order valence-electron chi connectivity index (χ3n) is 6.45. The second-order valence-electron chi connectivity index (χ2n) is 9.92. The van der Waals surface area contributed by atoms with Gasteiger partial charge in [-0.15, -0.1) is 0 Å². The second kappa shape index (κ2) is 8.02. The van der Waals surface area contributed by atoms with Crippen molar-refractivity contribution in [3.05, 3.63) is 34.4 Å². The van der Waals surface area contributed by atoms with E-state index in [2.05, 4.69) is 11.4 Å². The van der Waals surface area contributed by atoms with Crippen molar-refractivity contribution in [1.82, 2.24) is 4.90 Å². The van der Waals surface area contributed by atoms with E-state index in [0.717, 1.165) is 34.4 Å². The summed E-state index contributed by atoms with van der Waals surface area (Å²) in [5, 5.41) is 13.1. The molecule has 0 radical (unpaired) electrons. The number of rotatable bonds is 2. The summed E-state index contributed by atoms with van der Waals surface area (Å²) < 4.78 is 45.3. The maximum atomic E-state index is 13.3. The number of nitriles is 1. The van der Waals surface area contributed by atoms with Gasteiger partial charge in [-0.2, -0.15) is 18.4 Å². The topological polar surface area (TPSA) is 65.4 Å². The summed E-state index contributed by atoms with van der Waals surface area (Å²) in [7, 11) is 0. The Balaban J connectivity index is 1.54. The number of carbonyl (C=O) groups excluding carboxylic acids is 1. The molecular weight excluding hydrogens is 419 g/mol. The molecule has 1 aromatic rings. The van der Waals surface area contributed by atoms with E-state index in [1.807, 2.05) is 26.8 Å². The Labute approximate surface area is 186 Å². The van der Waals surface area contributed by atoms with Gasteiger partial charge in [-0.3, -0.25) is 0 Å². The number of likely N-dealkylation sites (tertiary alicyclic amines) is 1. The number of hydrogen-bond donors (Lipinski definition) is 1. The highest BCUT2D eigenvalue weighted by atomic mass is 19.4. The highest BCUT2D eigenvalue weighted by molar-refractivity contribution is 5.87. The number of fused-ring (bicyclic) bond motifs is 2. The minimum Gasteiger partial charge on any atom is -0.444 e. The fourth-order valence-electron chi connectivity index (χ4n) is 4.98. The lowest BCUT2D eigenvalue weighted by atomic mass is 9.83. The predicted octanol–water partition coefficient (Wildman–Crippen LogP) is 5.65. The number of allylic oxidation sites excluding steroid dienone is 2. The van der Waals surface area contributed by atoms with Crippen LogP contribution in [-0.4, -0.2) is 41.9 Å². The van der Waals surface area contributed by atoms with E-state index < -0.39 is 17.7 Å². The van der Waals surface area contributed by atoms with Gasteiger partial charge in [-0.25, -0.2) is 4.79 Å². The van der Waals surface area contributed by atoms with Gasteiger partial charge in [0.2, 0.25) is 0 Å². The van der Waals surface area contributed by atoms with E-state index in [1.165, 1.54) is 0 Å². The maximum absolute atomic E-state index is 13.3. The minimum atomic E-state index is -4.19. The van der Waals surface area contributed by atoms with Gasteiger partial charge in [0.05, 0.1) is 17.6 Å². The zero-order valence-electron chi connectivity index (χ0n) is 18.6. The van der Waals surface area contributed by atoms with Crippen molar-refractivity contribution >= 4 is 17.4 Å². The normalized spacial score (nSPS) is 23.0. The van der Waals surface area contributed by atoms with Crippen molar-refractivity contribution in [3.8, 4) is 6.07 Å². The van der Waals surface area contributed by atoms with Crippen LogP contribution in [0.25, 0.3) is 5.57 Å². The Morgan fingerprint density at radius 3 is 2.66 bits per heavy atom. The molecule has 1 saturated heterocycles. The van der Waals surface area contributed by atoms with Crippen LogP contribution >= 0.6 is 0 Å². The summed E-state index contributed by atoms with van der Waals surface area (Å²) in [6.45, 7) is 6.55. The average molecular weight is 448 g/mol. The SMILES string of the molecule is CC(C)(C)OC(=O)N1CC[C@H](Nc2ccc(C#N)c3c2C2=C(C3)CC(C(F)(F)F)CC2)C1. The molecule has 4 rings (SSSR count). The number of benzene rings is 1. The molecule has 3 aliphatic rings. The molecule has 1 N–H and O–H groups in total. The Kier molecular flexibility index (Phi) is 5.64. The van der Waals surface area contributed by atoms with E-state index in [0.29, 0.717) is 31.5 Å². The van der Waals surface area contributed by atoms with Crippen LogP contribution in [0.2, 0.25) is 0 Å². The largest absolute Gasteiger partial charge is 0.444 e. The molecule has 1 amide bonds. The quantitative estimate of drug-likeness (QED) is 0.636. The number of carbonyl (C=O) groups is 1. The number of ether oxygens (including phenoxy) is 1.